The van der Waals surface area contributed by atoms with Gasteiger partial charge in [-0.25, -0.2) is 4.79 Å². The number of benzene rings is 1. The summed E-state index contributed by atoms with van der Waals surface area (Å²) >= 11 is 0. The summed E-state index contributed by atoms with van der Waals surface area (Å²) in [5.74, 6) is -0.617. The highest BCUT2D eigenvalue weighted by atomic mass is 16.6. The summed E-state index contributed by atoms with van der Waals surface area (Å²) in [6.07, 6.45) is 2.58. The Morgan fingerprint density at radius 3 is 2.61 bits per heavy atom. The lowest BCUT2D eigenvalue weighted by Gasteiger charge is -2.30. The van der Waals surface area contributed by atoms with Gasteiger partial charge in [-0.15, -0.1) is 0 Å². The highest BCUT2D eigenvalue weighted by Crippen LogP contribution is 2.37. The number of carbonyl (C=O) groups is 2. The second-order valence-corrected chi connectivity index (χ2v) is 5.46. The minimum absolute atomic E-state index is 0.132. The first-order chi connectivity index (χ1) is 11.2. The number of ether oxygens (including phenoxy) is 3. The van der Waals surface area contributed by atoms with Crippen molar-refractivity contribution in [3.8, 4) is 0 Å². The minimum Gasteiger partial charge on any atom is -0.494 e. The number of carbonyl (C=O) groups excluding carboxylic acids is 2. The van der Waals surface area contributed by atoms with E-state index in [0.717, 1.165) is 5.56 Å². The first-order valence-electron chi connectivity index (χ1n) is 7.62. The molecule has 0 saturated carbocycles. The van der Waals surface area contributed by atoms with Gasteiger partial charge >= 0.3 is 5.97 Å². The molecule has 2 aliphatic heterocycles. The molecule has 2 heterocycles. The molecule has 2 atom stereocenters. The first kappa shape index (κ1) is 15.4. The van der Waals surface area contributed by atoms with Crippen molar-refractivity contribution in [2.75, 3.05) is 20.3 Å². The van der Waals surface area contributed by atoms with Gasteiger partial charge in [-0.2, -0.15) is 0 Å². The average Bonchev–Trinajstić information content (AvgIpc) is 3.07. The van der Waals surface area contributed by atoms with Crippen LogP contribution in [-0.4, -0.2) is 43.1 Å². The molecule has 0 spiro atoms. The lowest BCUT2D eigenvalue weighted by atomic mass is 10.0. The highest BCUT2D eigenvalue weighted by Gasteiger charge is 2.43. The van der Waals surface area contributed by atoms with E-state index in [0.29, 0.717) is 26.1 Å². The molecule has 0 radical (unpaired) electrons. The molecule has 1 aromatic carbocycles. The van der Waals surface area contributed by atoms with Gasteiger partial charge in [-0.3, -0.25) is 4.79 Å². The third kappa shape index (κ3) is 3.02. The van der Waals surface area contributed by atoms with Gasteiger partial charge < -0.3 is 19.1 Å². The number of hydrogen-bond donors (Lipinski definition) is 0. The molecule has 0 bridgehead atoms. The number of rotatable bonds is 3. The smallest absolute Gasteiger partial charge is 0.328 e. The van der Waals surface area contributed by atoms with E-state index in [1.807, 2.05) is 30.3 Å². The number of amides is 1. The van der Waals surface area contributed by atoms with Crippen molar-refractivity contribution in [1.82, 2.24) is 4.90 Å². The fraction of sp³-hybridized carbons (Fsp3) is 0.412. The van der Waals surface area contributed by atoms with Crippen molar-refractivity contribution in [2.45, 2.75) is 24.9 Å². The van der Waals surface area contributed by atoms with Crippen LogP contribution in [-0.2, 0) is 23.8 Å². The van der Waals surface area contributed by atoms with Gasteiger partial charge in [-0.05, 0) is 18.4 Å². The largest absolute Gasteiger partial charge is 0.494 e. The van der Waals surface area contributed by atoms with Gasteiger partial charge in [0.25, 0.3) is 5.91 Å². The predicted octanol–water partition coefficient (Wildman–Crippen LogP) is 1.78. The fourth-order valence-electron chi connectivity index (χ4n) is 3.07. The van der Waals surface area contributed by atoms with Crippen molar-refractivity contribution in [1.29, 1.82) is 0 Å². The number of esters is 1. The second-order valence-electron chi connectivity index (χ2n) is 5.46. The molecule has 2 aliphatic rings. The maximum atomic E-state index is 12.9. The number of likely N-dealkylation sites (tertiary alicyclic amines) is 1. The third-order valence-corrected chi connectivity index (χ3v) is 4.14. The number of hydrogen-bond acceptors (Lipinski definition) is 5. The summed E-state index contributed by atoms with van der Waals surface area (Å²) in [5.41, 5.74) is 0.990. The molecule has 0 aromatic heterocycles. The van der Waals surface area contributed by atoms with Crippen LogP contribution in [0.5, 0.6) is 0 Å². The Morgan fingerprint density at radius 1 is 1.17 bits per heavy atom. The number of methoxy groups -OCH3 is 1. The van der Waals surface area contributed by atoms with Gasteiger partial charge in [0.15, 0.2) is 0 Å². The Kier molecular flexibility index (Phi) is 4.50. The van der Waals surface area contributed by atoms with E-state index in [-0.39, 0.29) is 17.7 Å². The van der Waals surface area contributed by atoms with Crippen molar-refractivity contribution in [3.63, 3.8) is 0 Å². The molecule has 122 valence electrons. The Morgan fingerprint density at radius 2 is 1.96 bits per heavy atom. The fourth-order valence-corrected chi connectivity index (χ4v) is 3.07. The van der Waals surface area contributed by atoms with Gasteiger partial charge in [0.1, 0.15) is 25.5 Å². The molecule has 0 aliphatic carbocycles. The summed E-state index contributed by atoms with van der Waals surface area (Å²) in [6.45, 7) is 0.740. The van der Waals surface area contributed by atoms with Crippen LogP contribution in [0.2, 0.25) is 0 Å². The highest BCUT2D eigenvalue weighted by molar-refractivity contribution is 5.95. The maximum Gasteiger partial charge on any atom is 0.328 e. The molecule has 1 amide bonds. The van der Waals surface area contributed by atoms with Crippen molar-refractivity contribution in [2.24, 2.45) is 0 Å². The van der Waals surface area contributed by atoms with Gasteiger partial charge in [0.2, 0.25) is 5.76 Å². The Balaban J connectivity index is 1.92. The molecule has 1 saturated heterocycles. The summed E-state index contributed by atoms with van der Waals surface area (Å²) in [5, 5.41) is 0. The van der Waals surface area contributed by atoms with Crippen LogP contribution < -0.4 is 0 Å². The predicted molar refractivity (Wildman–Crippen MR) is 81.1 cm³/mol. The van der Waals surface area contributed by atoms with Crippen LogP contribution in [0.25, 0.3) is 0 Å². The van der Waals surface area contributed by atoms with E-state index in [1.165, 1.54) is 13.4 Å². The zero-order chi connectivity index (χ0) is 16.2. The van der Waals surface area contributed by atoms with Crippen LogP contribution >= 0.6 is 0 Å². The molecule has 23 heavy (non-hydrogen) atoms. The van der Waals surface area contributed by atoms with Crippen molar-refractivity contribution < 1.29 is 23.8 Å². The van der Waals surface area contributed by atoms with E-state index in [4.69, 9.17) is 14.2 Å². The van der Waals surface area contributed by atoms with Crippen LogP contribution in [0, 0.1) is 0 Å². The standard InChI is InChI=1S/C17H19NO5/c1-21-17(20)14-8-7-13(12-5-3-2-4-6-12)18(14)16(19)15-11-22-9-10-23-15/h2-6,11,13-14H,7-10H2,1H3/t13-,14+/m1/s1. The lowest BCUT2D eigenvalue weighted by Crippen LogP contribution is -2.43. The molecule has 6 heteroatoms. The molecule has 0 unspecified atom stereocenters. The summed E-state index contributed by atoms with van der Waals surface area (Å²) in [6, 6.07) is 8.88. The van der Waals surface area contributed by atoms with Crippen LogP contribution in [0.4, 0.5) is 0 Å². The molecular weight excluding hydrogens is 298 g/mol. The monoisotopic (exact) mass is 317 g/mol. The Hall–Kier alpha value is -2.50. The van der Waals surface area contributed by atoms with Crippen LogP contribution in [0.15, 0.2) is 42.4 Å². The van der Waals surface area contributed by atoms with Crippen molar-refractivity contribution >= 4 is 11.9 Å². The van der Waals surface area contributed by atoms with E-state index < -0.39 is 12.0 Å². The third-order valence-electron chi connectivity index (χ3n) is 4.14. The SMILES string of the molecule is COC(=O)[C@@H]1CC[C@H](c2ccccc2)N1C(=O)C1=COCCO1. The molecular formula is C17H19NO5. The van der Waals surface area contributed by atoms with E-state index in [9.17, 15) is 9.59 Å². The molecule has 0 N–H and O–H groups in total. The zero-order valence-electron chi connectivity index (χ0n) is 12.9. The second kappa shape index (κ2) is 6.73. The Bertz CT molecular complexity index is 613. The van der Waals surface area contributed by atoms with Gasteiger partial charge in [0, 0.05) is 0 Å². The van der Waals surface area contributed by atoms with E-state index in [2.05, 4.69) is 0 Å². The minimum atomic E-state index is -0.607. The average molecular weight is 317 g/mol. The first-order valence-corrected chi connectivity index (χ1v) is 7.62. The summed E-state index contributed by atoms with van der Waals surface area (Å²) < 4.78 is 15.4. The Labute approximate surface area is 134 Å². The van der Waals surface area contributed by atoms with Gasteiger partial charge in [0.05, 0.1) is 13.2 Å². The summed E-state index contributed by atoms with van der Waals surface area (Å²) in [4.78, 5) is 26.5. The number of nitrogens with zero attached hydrogens (tertiary/aromatic N) is 1. The topological polar surface area (TPSA) is 65.1 Å². The van der Waals surface area contributed by atoms with E-state index >= 15 is 0 Å². The molecule has 3 rings (SSSR count). The lowest BCUT2D eigenvalue weighted by molar-refractivity contribution is -0.152. The van der Waals surface area contributed by atoms with Crippen LogP contribution in [0.1, 0.15) is 24.4 Å². The molecule has 1 fully saturated rings. The normalized spacial score (nSPS) is 23.5. The zero-order valence-corrected chi connectivity index (χ0v) is 12.9. The summed E-state index contributed by atoms with van der Waals surface area (Å²) in [7, 11) is 1.33. The molecule has 6 nitrogen and oxygen atoms in total. The van der Waals surface area contributed by atoms with Gasteiger partial charge in [-0.1, -0.05) is 30.3 Å². The van der Waals surface area contributed by atoms with Crippen molar-refractivity contribution in [3.05, 3.63) is 47.9 Å². The quantitative estimate of drug-likeness (QED) is 0.795. The van der Waals surface area contributed by atoms with E-state index in [1.54, 1.807) is 4.90 Å². The maximum absolute atomic E-state index is 12.9. The molecule has 1 aromatic rings. The van der Waals surface area contributed by atoms with Crippen LogP contribution in [0.3, 0.4) is 0 Å².